The number of carbonyl (C=O) groups is 2. The third-order valence-electron chi connectivity index (χ3n) is 8.89. The minimum absolute atomic E-state index is 0.0866. The van der Waals surface area contributed by atoms with Crippen LogP contribution in [0.1, 0.15) is 103 Å². The predicted octanol–water partition coefficient (Wildman–Crippen LogP) is 7.82. The summed E-state index contributed by atoms with van der Waals surface area (Å²) in [7, 11) is -3.56. The van der Waals surface area contributed by atoms with Gasteiger partial charge in [-0.2, -0.15) is 4.98 Å². The van der Waals surface area contributed by atoms with E-state index < -0.39 is 15.1 Å². The number of aryl methyl sites for hydroxylation is 1. The number of carbonyl (C=O) groups excluding carboxylic acids is 2. The molecule has 50 heavy (non-hydrogen) atoms. The predicted molar refractivity (Wildman–Crippen MR) is 199 cm³/mol. The van der Waals surface area contributed by atoms with Gasteiger partial charge >= 0.3 is 0 Å². The molecule has 272 valence electrons. The lowest BCUT2D eigenvalue weighted by Crippen LogP contribution is -2.37. The van der Waals surface area contributed by atoms with Crippen LogP contribution in [0.4, 0.5) is 23.1 Å². The van der Waals surface area contributed by atoms with Crippen LogP contribution in [0.2, 0.25) is 5.02 Å². The van der Waals surface area contributed by atoms with Crippen molar-refractivity contribution in [3.63, 3.8) is 0 Å². The van der Waals surface area contributed by atoms with Gasteiger partial charge in [0.05, 0.1) is 33.8 Å². The van der Waals surface area contributed by atoms with E-state index in [1.807, 2.05) is 24.8 Å². The zero-order chi connectivity index (χ0) is 36.4. The Balaban J connectivity index is 1.44. The lowest BCUT2D eigenvalue weighted by atomic mass is 9.86. The highest BCUT2D eigenvalue weighted by atomic mass is 35.5. The van der Waals surface area contributed by atoms with Crippen molar-refractivity contribution in [3.8, 4) is 5.75 Å². The molecular weight excluding hydrogens is 676 g/mol. The van der Waals surface area contributed by atoms with Gasteiger partial charge in [0, 0.05) is 25.9 Å². The number of primary amides is 1. The number of halogens is 1. The average Bonchev–Trinajstić information content (AvgIpc) is 3.06. The SMILES string of the molecule is Cc1cc(Nc2ncc(Cl)c(Nc3ccccc3S(=O)(=O)C(C)C)n2)c(OC(C)C)cc1C1CCN(C(=O)CCCCCCCC(N)=O)CC1. The Morgan fingerprint density at radius 3 is 2.30 bits per heavy atom. The van der Waals surface area contributed by atoms with E-state index in [9.17, 15) is 18.0 Å². The van der Waals surface area contributed by atoms with Gasteiger partial charge in [0.2, 0.25) is 17.8 Å². The third-order valence-corrected chi connectivity index (χ3v) is 11.4. The fourth-order valence-corrected chi connectivity index (χ4v) is 7.47. The highest BCUT2D eigenvalue weighted by Gasteiger charge is 2.26. The van der Waals surface area contributed by atoms with Crippen LogP contribution in [0.25, 0.3) is 0 Å². The Morgan fingerprint density at radius 1 is 0.980 bits per heavy atom. The molecule has 4 N–H and O–H groups in total. The Hall–Kier alpha value is -3.90. The monoisotopic (exact) mass is 726 g/mol. The molecule has 2 heterocycles. The number of anilines is 4. The lowest BCUT2D eigenvalue weighted by Gasteiger charge is -2.33. The van der Waals surface area contributed by atoms with Crippen molar-refractivity contribution in [1.29, 1.82) is 0 Å². The Bertz CT molecular complexity index is 1740. The van der Waals surface area contributed by atoms with Gasteiger partial charge in [-0.15, -0.1) is 0 Å². The van der Waals surface area contributed by atoms with Gasteiger partial charge in [-0.05, 0) is 102 Å². The number of hydrogen-bond acceptors (Lipinski definition) is 9. The number of amides is 2. The van der Waals surface area contributed by atoms with Crippen LogP contribution in [-0.2, 0) is 19.4 Å². The highest BCUT2D eigenvalue weighted by Crippen LogP contribution is 2.38. The maximum Gasteiger partial charge on any atom is 0.229 e. The van der Waals surface area contributed by atoms with Crippen LogP contribution < -0.4 is 21.1 Å². The van der Waals surface area contributed by atoms with E-state index in [1.54, 1.807) is 38.1 Å². The normalized spacial score (nSPS) is 13.9. The van der Waals surface area contributed by atoms with E-state index in [2.05, 4.69) is 33.6 Å². The molecule has 0 spiro atoms. The first kappa shape index (κ1) is 38.9. The van der Waals surface area contributed by atoms with Crippen molar-refractivity contribution in [1.82, 2.24) is 14.9 Å². The smallest absolute Gasteiger partial charge is 0.229 e. The molecule has 1 aliphatic heterocycles. The summed E-state index contributed by atoms with van der Waals surface area (Å²) >= 11 is 6.47. The van der Waals surface area contributed by atoms with Crippen molar-refractivity contribution < 1.29 is 22.7 Å². The Labute approximate surface area is 301 Å². The molecule has 0 unspecified atom stereocenters. The minimum atomic E-state index is -3.56. The molecule has 3 aromatic rings. The van der Waals surface area contributed by atoms with E-state index in [1.165, 1.54) is 11.8 Å². The number of unbranched alkanes of at least 4 members (excludes halogenated alkanes) is 4. The number of nitrogens with one attached hydrogen (secondary N) is 2. The van der Waals surface area contributed by atoms with Gasteiger partial charge in [0.25, 0.3) is 0 Å². The van der Waals surface area contributed by atoms with Gasteiger partial charge in [0.15, 0.2) is 15.7 Å². The fourth-order valence-electron chi connectivity index (χ4n) is 6.13. The first-order chi connectivity index (χ1) is 23.8. The summed E-state index contributed by atoms with van der Waals surface area (Å²) in [4.78, 5) is 34.9. The largest absolute Gasteiger partial charge is 0.489 e. The molecule has 0 radical (unpaired) electrons. The molecule has 13 heteroatoms. The van der Waals surface area contributed by atoms with Gasteiger partial charge in [-0.3, -0.25) is 9.59 Å². The second kappa shape index (κ2) is 17.8. The quantitative estimate of drug-likeness (QED) is 0.118. The molecule has 2 amide bonds. The number of likely N-dealkylation sites (tertiary alicyclic amines) is 1. The number of aromatic nitrogens is 2. The summed E-state index contributed by atoms with van der Waals surface area (Å²) in [6, 6.07) is 10.8. The molecular formula is C37H51ClN6O5S. The fraction of sp³-hybridized carbons (Fsp3) is 0.514. The maximum atomic E-state index is 13.0. The summed E-state index contributed by atoms with van der Waals surface area (Å²) in [6.45, 7) is 10.7. The molecule has 1 aromatic heterocycles. The summed E-state index contributed by atoms with van der Waals surface area (Å²) in [5.41, 5.74) is 8.54. The Morgan fingerprint density at radius 2 is 1.64 bits per heavy atom. The number of sulfone groups is 1. The second-order valence-corrected chi connectivity index (χ2v) is 16.4. The maximum absolute atomic E-state index is 13.0. The van der Waals surface area contributed by atoms with Gasteiger partial charge in [-0.25, -0.2) is 13.4 Å². The second-order valence-electron chi connectivity index (χ2n) is 13.5. The number of hydrogen-bond donors (Lipinski definition) is 3. The molecule has 0 bridgehead atoms. The van der Waals surface area contributed by atoms with Gasteiger partial charge in [-0.1, -0.05) is 43.0 Å². The molecule has 0 aliphatic carbocycles. The molecule has 1 fully saturated rings. The van der Waals surface area contributed by atoms with E-state index in [-0.39, 0.29) is 45.5 Å². The molecule has 0 saturated carbocycles. The molecule has 1 saturated heterocycles. The highest BCUT2D eigenvalue weighted by molar-refractivity contribution is 7.92. The van der Waals surface area contributed by atoms with Crippen LogP contribution in [-0.4, -0.2) is 59.5 Å². The number of para-hydroxylation sites is 1. The van der Waals surface area contributed by atoms with Gasteiger partial charge < -0.3 is 26.0 Å². The van der Waals surface area contributed by atoms with Crippen molar-refractivity contribution in [2.75, 3.05) is 23.7 Å². The number of ether oxygens (including phenoxy) is 1. The zero-order valence-corrected chi connectivity index (χ0v) is 31.4. The molecule has 11 nitrogen and oxygen atoms in total. The summed E-state index contributed by atoms with van der Waals surface area (Å²) in [5, 5.41) is 6.02. The number of benzene rings is 2. The molecule has 1 aliphatic rings. The van der Waals surface area contributed by atoms with Crippen LogP contribution in [0.3, 0.4) is 0 Å². The van der Waals surface area contributed by atoms with Crippen LogP contribution in [0.15, 0.2) is 47.5 Å². The van der Waals surface area contributed by atoms with Crippen molar-refractivity contribution in [2.24, 2.45) is 5.73 Å². The number of nitrogens with two attached hydrogens (primary N) is 1. The lowest BCUT2D eigenvalue weighted by molar-refractivity contribution is -0.132. The van der Waals surface area contributed by atoms with Crippen LogP contribution in [0, 0.1) is 6.92 Å². The summed E-state index contributed by atoms with van der Waals surface area (Å²) < 4.78 is 32.3. The first-order valence-electron chi connectivity index (χ1n) is 17.5. The van der Waals surface area contributed by atoms with Crippen LogP contribution >= 0.6 is 11.6 Å². The standard InChI is InChI=1S/C37H51ClN6O5S/c1-24(2)49-32-22-28(27-17-19-44(20-18-27)35(46)16-10-8-6-7-9-15-34(39)45)26(5)21-31(32)42-37-40-23-29(38)36(43-37)41-30-13-11-12-14-33(30)50(47,48)25(3)4/h11-14,21-25,27H,6-10,15-20H2,1-5H3,(H2,39,45)(H2,40,41,42,43). The zero-order valence-electron chi connectivity index (χ0n) is 29.8. The molecule has 0 atom stereocenters. The van der Waals surface area contributed by atoms with Crippen LogP contribution in [0.5, 0.6) is 5.75 Å². The van der Waals surface area contributed by atoms with Crippen molar-refractivity contribution in [2.45, 2.75) is 115 Å². The van der Waals surface area contributed by atoms with Gasteiger partial charge in [0.1, 0.15) is 10.8 Å². The number of piperidine rings is 1. The third kappa shape index (κ3) is 10.6. The summed E-state index contributed by atoms with van der Waals surface area (Å²) in [5.74, 6) is 1.43. The Kier molecular flexibility index (Phi) is 13.9. The first-order valence-corrected chi connectivity index (χ1v) is 19.5. The van der Waals surface area contributed by atoms with E-state index in [0.717, 1.165) is 63.6 Å². The number of rotatable bonds is 17. The minimum Gasteiger partial charge on any atom is -0.489 e. The molecule has 2 aromatic carbocycles. The number of nitrogens with zero attached hydrogens (tertiary/aromatic N) is 3. The van der Waals surface area contributed by atoms with E-state index in [4.69, 9.17) is 22.1 Å². The van der Waals surface area contributed by atoms with Crippen molar-refractivity contribution in [3.05, 3.63) is 58.7 Å². The topological polar surface area (TPSA) is 157 Å². The van der Waals surface area contributed by atoms with Crippen molar-refractivity contribution >= 4 is 56.4 Å². The molecule has 4 rings (SSSR count). The average molecular weight is 727 g/mol. The summed E-state index contributed by atoms with van der Waals surface area (Å²) in [6.07, 6.45) is 8.73. The van der Waals surface area contributed by atoms with E-state index >= 15 is 0 Å². The van der Waals surface area contributed by atoms with E-state index in [0.29, 0.717) is 30.0 Å².